The highest BCUT2D eigenvalue weighted by molar-refractivity contribution is 6.26. The first-order valence-corrected chi connectivity index (χ1v) is 12.8. The molecule has 0 spiro atoms. The van der Waals surface area contributed by atoms with Gasteiger partial charge in [-0.15, -0.1) is 0 Å². The molecule has 12 nitrogen and oxygen atoms in total. The smallest absolute Gasteiger partial charge is 0.333 e. The molecule has 12 heteroatoms. The molecular formula is C27H28N6O6. The molecule has 0 radical (unpaired) electrons. The lowest BCUT2D eigenvalue weighted by Gasteiger charge is -2.27. The van der Waals surface area contributed by atoms with Crippen molar-refractivity contribution < 1.29 is 28.6 Å². The van der Waals surface area contributed by atoms with Gasteiger partial charge < -0.3 is 24.4 Å². The van der Waals surface area contributed by atoms with E-state index >= 15 is 0 Å². The minimum atomic E-state index is -0.422. The zero-order valence-electron chi connectivity index (χ0n) is 21.2. The Morgan fingerprint density at radius 1 is 0.949 bits per heavy atom. The molecule has 3 aromatic rings. The number of carbonyl (C=O) groups is 3. The van der Waals surface area contributed by atoms with Crippen LogP contribution < -0.4 is 15.5 Å². The first-order chi connectivity index (χ1) is 19.1. The molecule has 0 atom stereocenters. The molecule has 1 aromatic heterocycles. The maximum Gasteiger partial charge on any atom is 0.333 e. The minimum Gasteiger partial charge on any atom is -0.484 e. The maximum atomic E-state index is 13.6. The number of carbonyl (C=O) groups excluding carboxylic acids is 3. The van der Waals surface area contributed by atoms with E-state index in [1.807, 2.05) is 6.07 Å². The van der Waals surface area contributed by atoms with Crippen molar-refractivity contribution in [3.05, 3.63) is 53.6 Å². The standard InChI is InChI=1S/C27H28N6O6/c34-21(32-8-12-37-13-9-32)16-39-18-6-4-17(5-7-18)24-23-25(30-29-24)19-2-1-3-20(22(19)26(23)35)28-27(36)31-33-10-14-38-15-11-33/h1-7H,8-16H2,(H,29,30)(H2,28,31,36). The summed E-state index contributed by atoms with van der Waals surface area (Å²) >= 11 is 0. The van der Waals surface area contributed by atoms with Crippen LogP contribution in [0.3, 0.4) is 0 Å². The molecule has 6 rings (SSSR count). The van der Waals surface area contributed by atoms with E-state index < -0.39 is 6.03 Å². The van der Waals surface area contributed by atoms with Crippen LogP contribution in [-0.2, 0) is 14.3 Å². The number of amides is 3. The molecule has 0 saturated carbocycles. The molecule has 2 aliphatic heterocycles. The van der Waals surface area contributed by atoms with Crippen LogP contribution >= 0.6 is 0 Å². The van der Waals surface area contributed by atoms with Crippen LogP contribution in [0.15, 0.2) is 42.5 Å². The topological polar surface area (TPSA) is 138 Å². The van der Waals surface area contributed by atoms with E-state index in [1.165, 1.54) is 0 Å². The quantitative estimate of drug-likeness (QED) is 0.342. The molecule has 2 aromatic carbocycles. The number of nitrogens with zero attached hydrogens (tertiary/aromatic N) is 3. The van der Waals surface area contributed by atoms with Crippen molar-refractivity contribution >= 4 is 23.4 Å². The highest BCUT2D eigenvalue weighted by Gasteiger charge is 2.35. The maximum absolute atomic E-state index is 13.6. The average molecular weight is 533 g/mol. The molecular weight excluding hydrogens is 504 g/mol. The second kappa shape index (κ2) is 10.8. The summed E-state index contributed by atoms with van der Waals surface area (Å²) < 4.78 is 16.3. The summed E-state index contributed by atoms with van der Waals surface area (Å²) in [4.78, 5) is 40.3. The molecule has 202 valence electrons. The fourth-order valence-corrected chi connectivity index (χ4v) is 4.93. The molecule has 3 amide bonds. The van der Waals surface area contributed by atoms with E-state index in [-0.39, 0.29) is 18.3 Å². The number of aromatic amines is 1. The molecule has 2 fully saturated rings. The van der Waals surface area contributed by atoms with Crippen molar-refractivity contribution in [2.24, 2.45) is 0 Å². The van der Waals surface area contributed by atoms with Crippen LogP contribution in [0.4, 0.5) is 10.5 Å². The molecule has 1 aliphatic carbocycles. The van der Waals surface area contributed by atoms with Gasteiger partial charge in [-0.3, -0.25) is 20.1 Å². The normalized spacial score (nSPS) is 16.9. The Labute approximate surface area is 224 Å². The lowest BCUT2D eigenvalue weighted by atomic mass is 10.0. The van der Waals surface area contributed by atoms with Gasteiger partial charge in [-0.25, -0.2) is 9.80 Å². The number of benzene rings is 2. The van der Waals surface area contributed by atoms with Gasteiger partial charge in [0, 0.05) is 37.3 Å². The number of hydrogen-bond donors (Lipinski definition) is 3. The lowest BCUT2D eigenvalue weighted by Crippen LogP contribution is -2.49. The van der Waals surface area contributed by atoms with E-state index in [9.17, 15) is 14.4 Å². The Morgan fingerprint density at radius 2 is 1.67 bits per heavy atom. The van der Waals surface area contributed by atoms with Crippen molar-refractivity contribution in [3.63, 3.8) is 0 Å². The number of morpholine rings is 2. The number of rotatable bonds is 6. The van der Waals surface area contributed by atoms with Crippen molar-refractivity contribution in [1.82, 2.24) is 25.5 Å². The van der Waals surface area contributed by atoms with Gasteiger partial charge in [0.25, 0.3) is 5.91 Å². The van der Waals surface area contributed by atoms with Gasteiger partial charge in [-0.05, 0) is 30.3 Å². The van der Waals surface area contributed by atoms with Gasteiger partial charge in [0.05, 0.1) is 48.9 Å². The van der Waals surface area contributed by atoms with E-state index in [1.54, 1.807) is 46.3 Å². The number of aromatic nitrogens is 2. The highest BCUT2D eigenvalue weighted by Crippen LogP contribution is 2.43. The molecule has 2 saturated heterocycles. The first kappa shape index (κ1) is 25.0. The molecule has 3 N–H and O–H groups in total. The van der Waals surface area contributed by atoms with Crippen LogP contribution in [0.25, 0.3) is 22.5 Å². The monoisotopic (exact) mass is 532 g/mol. The van der Waals surface area contributed by atoms with Gasteiger partial charge >= 0.3 is 6.03 Å². The largest absolute Gasteiger partial charge is 0.484 e. The van der Waals surface area contributed by atoms with Crippen LogP contribution in [0, 0.1) is 0 Å². The number of nitrogens with one attached hydrogen (secondary N) is 3. The van der Waals surface area contributed by atoms with Gasteiger partial charge in [-0.2, -0.15) is 5.10 Å². The summed E-state index contributed by atoms with van der Waals surface area (Å²) in [7, 11) is 0. The number of ketones is 1. The van der Waals surface area contributed by atoms with Crippen LogP contribution in [0.1, 0.15) is 15.9 Å². The zero-order chi connectivity index (χ0) is 26.8. The SMILES string of the molecule is O=C(Nc1cccc2c1C(=O)c1c(-c3ccc(OCC(=O)N4CCOCC4)cc3)n[nH]c1-2)NN1CCOCC1. The fourth-order valence-electron chi connectivity index (χ4n) is 4.93. The predicted molar refractivity (Wildman–Crippen MR) is 140 cm³/mol. The summed E-state index contributed by atoms with van der Waals surface area (Å²) in [5.41, 5.74) is 6.60. The number of urea groups is 1. The third kappa shape index (κ3) is 5.09. The Bertz CT molecular complexity index is 1390. The van der Waals surface area contributed by atoms with E-state index in [2.05, 4.69) is 20.9 Å². The number of ether oxygens (including phenoxy) is 3. The van der Waals surface area contributed by atoms with Crippen LogP contribution in [0.5, 0.6) is 5.75 Å². The lowest BCUT2D eigenvalue weighted by molar-refractivity contribution is -0.137. The number of hydrogen-bond acceptors (Lipinski definition) is 8. The average Bonchev–Trinajstić information content (AvgIpc) is 3.53. The molecule has 39 heavy (non-hydrogen) atoms. The third-order valence-corrected chi connectivity index (χ3v) is 6.93. The van der Waals surface area contributed by atoms with Crippen molar-refractivity contribution in [1.29, 1.82) is 0 Å². The predicted octanol–water partition coefficient (Wildman–Crippen LogP) is 1.89. The number of fused-ring (bicyclic) bond motifs is 3. The fraction of sp³-hybridized carbons (Fsp3) is 0.333. The van der Waals surface area contributed by atoms with Gasteiger partial charge in [0.2, 0.25) is 0 Å². The van der Waals surface area contributed by atoms with Crippen molar-refractivity contribution in [2.75, 3.05) is 64.5 Å². The Balaban J connectivity index is 1.15. The Hall–Kier alpha value is -4.26. The van der Waals surface area contributed by atoms with Gasteiger partial charge in [0.1, 0.15) is 11.4 Å². The summed E-state index contributed by atoms with van der Waals surface area (Å²) in [6.45, 7) is 4.42. The summed E-state index contributed by atoms with van der Waals surface area (Å²) in [5, 5.41) is 12.0. The van der Waals surface area contributed by atoms with Crippen molar-refractivity contribution in [3.8, 4) is 28.3 Å². The van der Waals surface area contributed by atoms with E-state index in [0.717, 1.165) is 5.56 Å². The van der Waals surface area contributed by atoms with Crippen LogP contribution in [0.2, 0.25) is 0 Å². The summed E-state index contributed by atoms with van der Waals surface area (Å²) in [6, 6.07) is 12.0. The summed E-state index contributed by atoms with van der Waals surface area (Å²) in [5.74, 6) is 0.237. The number of hydrazine groups is 1. The Morgan fingerprint density at radius 3 is 2.41 bits per heavy atom. The zero-order valence-corrected chi connectivity index (χ0v) is 21.2. The molecule has 3 aliphatic rings. The summed E-state index contributed by atoms with van der Waals surface area (Å²) in [6.07, 6.45) is 0. The van der Waals surface area contributed by atoms with E-state index in [4.69, 9.17) is 14.2 Å². The second-order valence-electron chi connectivity index (χ2n) is 9.35. The number of anilines is 1. The molecule has 0 bridgehead atoms. The van der Waals surface area contributed by atoms with Gasteiger partial charge in [0.15, 0.2) is 12.4 Å². The Kier molecular flexibility index (Phi) is 6.97. The van der Waals surface area contributed by atoms with E-state index in [0.29, 0.717) is 92.1 Å². The molecule has 3 heterocycles. The third-order valence-electron chi connectivity index (χ3n) is 6.93. The minimum absolute atomic E-state index is 0.0557. The number of H-pyrrole nitrogens is 1. The molecule has 0 unspecified atom stereocenters. The van der Waals surface area contributed by atoms with Crippen LogP contribution in [-0.4, -0.2) is 97.0 Å². The first-order valence-electron chi connectivity index (χ1n) is 12.8. The highest BCUT2D eigenvalue weighted by atomic mass is 16.5. The van der Waals surface area contributed by atoms with Crippen molar-refractivity contribution in [2.45, 2.75) is 0 Å². The second-order valence-corrected chi connectivity index (χ2v) is 9.35. The van der Waals surface area contributed by atoms with Gasteiger partial charge in [-0.1, -0.05) is 12.1 Å².